The molecule has 0 bridgehead atoms. The summed E-state index contributed by atoms with van der Waals surface area (Å²) in [5.74, 6) is 1.93. The predicted molar refractivity (Wildman–Crippen MR) is 174 cm³/mol. The summed E-state index contributed by atoms with van der Waals surface area (Å²) in [6, 6.07) is 27.9. The summed E-state index contributed by atoms with van der Waals surface area (Å²) in [4.78, 5) is 18.5. The number of anilines is 1. The van der Waals surface area contributed by atoms with Crippen LogP contribution >= 0.6 is 12.2 Å². The highest BCUT2D eigenvalue weighted by Gasteiger charge is 2.42. The smallest absolute Gasteiger partial charge is 0.296 e. The fraction of sp³-hybridized carbons (Fsp3) is 0.176. The van der Waals surface area contributed by atoms with Gasteiger partial charge in [0.15, 0.2) is 5.11 Å². The van der Waals surface area contributed by atoms with Crippen LogP contribution in [-0.4, -0.2) is 26.7 Å². The van der Waals surface area contributed by atoms with Crippen LogP contribution in [0.2, 0.25) is 0 Å². The molecule has 0 amide bonds. The van der Waals surface area contributed by atoms with Gasteiger partial charge >= 0.3 is 0 Å². The third-order valence-electron chi connectivity index (χ3n) is 7.94. The molecule has 10 heteroatoms. The number of nitro benzene ring substituents is 1. The summed E-state index contributed by atoms with van der Waals surface area (Å²) in [5, 5.41) is 16.2. The molecule has 1 fully saturated rings. The van der Waals surface area contributed by atoms with Crippen LogP contribution in [0.15, 0.2) is 97.2 Å². The van der Waals surface area contributed by atoms with Crippen molar-refractivity contribution in [3.05, 3.63) is 136 Å². The minimum atomic E-state index is -0.383. The van der Waals surface area contributed by atoms with Crippen LogP contribution in [0.1, 0.15) is 40.3 Å². The molecule has 222 valence electrons. The van der Waals surface area contributed by atoms with Crippen LogP contribution in [0, 0.1) is 30.9 Å². The zero-order valence-electron chi connectivity index (χ0n) is 24.7. The van der Waals surface area contributed by atoms with Gasteiger partial charge in [0.25, 0.3) is 5.69 Å². The first-order valence-electron chi connectivity index (χ1n) is 14.1. The van der Waals surface area contributed by atoms with Gasteiger partial charge in [-0.05, 0) is 105 Å². The van der Waals surface area contributed by atoms with E-state index in [4.69, 9.17) is 21.7 Å². The molecule has 0 radical (unpaired) electrons. The second-order valence-electron chi connectivity index (χ2n) is 10.6. The maximum atomic E-state index is 12.1. The van der Waals surface area contributed by atoms with Crippen molar-refractivity contribution in [2.45, 2.75) is 32.9 Å². The van der Waals surface area contributed by atoms with Crippen molar-refractivity contribution in [2.75, 3.05) is 12.0 Å². The van der Waals surface area contributed by atoms with Gasteiger partial charge in [0.2, 0.25) is 0 Å². The van der Waals surface area contributed by atoms with E-state index in [9.17, 15) is 10.1 Å². The fourth-order valence-corrected chi connectivity index (χ4v) is 6.19. The molecule has 9 nitrogen and oxygen atoms in total. The Bertz CT molecular complexity index is 1860. The average Bonchev–Trinajstić information content (AvgIpc) is 3.53. The Kier molecular flexibility index (Phi) is 7.75. The van der Waals surface area contributed by atoms with Gasteiger partial charge in [-0.15, -0.1) is 0 Å². The Balaban J connectivity index is 1.44. The van der Waals surface area contributed by atoms with Crippen molar-refractivity contribution in [1.29, 1.82) is 0 Å². The van der Waals surface area contributed by atoms with Gasteiger partial charge in [-0.1, -0.05) is 24.3 Å². The first kappa shape index (κ1) is 28.9. The van der Waals surface area contributed by atoms with E-state index in [0.717, 1.165) is 39.6 Å². The normalized spacial score (nSPS) is 16.1. The van der Waals surface area contributed by atoms with Crippen LogP contribution in [0.3, 0.4) is 0 Å². The topological polar surface area (TPSA) is 94.7 Å². The van der Waals surface area contributed by atoms with Crippen molar-refractivity contribution in [3.63, 3.8) is 0 Å². The van der Waals surface area contributed by atoms with E-state index in [2.05, 4.69) is 21.3 Å². The molecule has 1 aliphatic heterocycles. The van der Waals surface area contributed by atoms with Gasteiger partial charge in [0.1, 0.15) is 22.9 Å². The first-order chi connectivity index (χ1) is 21.3. The SMILES string of the molecule is COc1ccc(-n2c(C)cc([C@H]3[C@@H](c4ccccn4)NC(=S)N3c3ccc(Oc4ccccc4C)cc3)c2C)c([N+](=O)[O-])c1. The van der Waals surface area contributed by atoms with Crippen LogP contribution in [0.5, 0.6) is 17.2 Å². The molecule has 3 heterocycles. The molecule has 1 aliphatic rings. The number of rotatable bonds is 8. The summed E-state index contributed by atoms with van der Waals surface area (Å²) in [6.45, 7) is 5.94. The highest BCUT2D eigenvalue weighted by molar-refractivity contribution is 7.80. The maximum absolute atomic E-state index is 12.1. The van der Waals surface area contributed by atoms with Crippen molar-refractivity contribution in [1.82, 2.24) is 14.9 Å². The highest BCUT2D eigenvalue weighted by atomic mass is 32.1. The Morgan fingerprint density at radius 1 is 0.932 bits per heavy atom. The number of ether oxygens (including phenoxy) is 2. The van der Waals surface area contributed by atoms with Gasteiger partial charge in [-0.2, -0.15) is 0 Å². The number of para-hydroxylation sites is 1. The van der Waals surface area contributed by atoms with E-state index in [-0.39, 0.29) is 22.7 Å². The second kappa shape index (κ2) is 11.8. The highest BCUT2D eigenvalue weighted by Crippen LogP contribution is 2.45. The van der Waals surface area contributed by atoms with Gasteiger partial charge in [0.05, 0.1) is 35.9 Å². The number of benzene rings is 3. The van der Waals surface area contributed by atoms with E-state index < -0.39 is 0 Å². The molecule has 5 aromatic rings. The van der Waals surface area contributed by atoms with Gasteiger partial charge < -0.3 is 24.3 Å². The van der Waals surface area contributed by atoms with Crippen molar-refractivity contribution in [3.8, 4) is 22.9 Å². The summed E-state index contributed by atoms with van der Waals surface area (Å²) < 4.78 is 13.3. The molecule has 1 saturated heterocycles. The van der Waals surface area contributed by atoms with Crippen LogP contribution in [0.25, 0.3) is 5.69 Å². The Morgan fingerprint density at radius 3 is 2.34 bits per heavy atom. The molecule has 6 rings (SSSR count). The van der Waals surface area contributed by atoms with Gasteiger partial charge in [0, 0.05) is 23.3 Å². The summed E-state index contributed by atoms with van der Waals surface area (Å²) in [7, 11) is 1.49. The molecule has 0 spiro atoms. The summed E-state index contributed by atoms with van der Waals surface area (Å²) in [6.07, 6.45) is 1.77. The van der Waals surface area contributed by atoms with E-state index in [1.807, 2.05) is 92.1 Å². The Labute approximate surface area is 260 Å². The Morgan fingerprint density at radius 2 is 1.66 bits per heavy atom. The van der Waals surface area contributed by atoms with Gasteiger partial charge in [-0.3, -0.25) is 15.1 Å². The number of pyridine rings is 1. The van der Waals surface area contributed by atoms with E-state index >= 15 is 0 Å². The predicted octanol–water partition coefficient (Wildman–Crippen LogP) is 7.68. The monoisotopic (exact) mass is 605 g/mol. The zero-order valence-corrected chi connectivity index (χ0v) is 25.5. The molecule has 3 aromatic carbocycles. The van der Waals surface area contributed by atoms with Crippen LogP contribution < -0.4 is 19.7 Å². The van der Waals surface area contributed by atoms with Crippen LogP contribution in [0.4, 0.5) is 11.4 Å². The van der Waals surface area contributed by atoms with Crippen molar-refractivity contribution >= 4 is 28.7 Å². The first-order valence-corrected chi connectivity index (χ1v) is 14.5. The molecular weight excluding hydrogens is 574 g/mol. The lowest BCUT2D eigenvalue weighted by atomic mass is 9.96. The number of aromatic nitrogens is 2. The molecule has 1 N–H and O–H groups in total. The van der Waals surface area contributed by atoms with E-state index in [0.29, 0.717) is 22.3 Å². The lowest BCUT2D eigenvalue weighted by Gasteiger charge is -2.28. The standard InChI is InChI=1S/C34H31N5O4S/c1-21-9-5-6-11-31(21)43-25-14-12-24(13-15-25)38-33(32(36-34(38)44)28-10-7-8-18-35-28)27-19-22(2)37(23(27)3)29-17-16-26(42-4)20-30(29)39(40)41/h5-20,32-33H,1-4H3,(H,36,44)/t32-,33+/m1/s1. The third-order valence-corrected chi connectivity index (χ3v) is 8.26. The molecule has 0 saturated carbocycles. The molecular formula is C34H31N5O4S. The summed E-state index contributed by atoms with van der Waals surface area (Å²) in [5.41, 5.74) is 5.86. The van der Waals surface area contributed by atoms with Crippen LogP contribution in [-0.2, 0) is 0 Å². The second-order valence-corrected chi connectivity index (χ2v) is 11.0. The number of hydrogen-bond donors (Lipinski definition) is 1. The summed E-state index contributed by atoms with van der Waals surface area (Å²) >= 11 is 5.94. The molecule has 0 aliphatic carbocycles. The number of nitrogens with zero attached hydrogens (tertiary/aromatic N) is 4. The lowest BCUT2D eigenvalue weighted by molar-refractivity contribution is -0.384. The van der Waals surface area contributed by atoms with Crippen molar-refractivity contribution < 1.29 is 14.4 Å². The minimum Gasteiger partial charge on any atom is -0.496 e. The molecule has 44 heavy (non-hydrogen) atoms. The van der Waals surface area contributed by atoms with Crippen molar-refractivity contribution in [2.24, 2.45) is 0 Å². The number of hydrogen-bond acceptors (Lipinski definition) is 6. The maximum Gasteiger partial charge on any atom is 0.296 e. The fourth-order valence-electron chi connectivity index (χ4n) is 5.84. The lowest BCUT2D eigenvalue weighted by Crippen LogP contribution is -2.29. The third kappa shape index (κ3) is 5.24. The molecule has 2 aromatic heterocycles. The molecule has 0 unspecified atom stereocenters. The number of aryl methyl sites for hydroxylation is 2. The van der Waals surface area contributed by atoms with E-state index in [1.165, 1.54) is 13.2 Å². The number of nitrogens with one attached hydrogen (secondary N) is 1. The largest absolute Gasteiger partial charge is 0.496 e. The number of thiocarbonyl (C=S) groups is 1. The number of nitro groups is 1. The zero-order chi connectivity index (χ0) is 31.0. The Hall–Kier alpha value is -5.22. The van der Waals surface area contributed by atoms with Gasteiger partial charge in [-0.25, -0.2) is 0 Å². The average molecular weight is 606 g/mol. The van der Waals surface area contributed by atoms with E-state index in [1.54, 1.807) is 18.3 Å². The minimum absolute atomic E-state index is 0.0415. The quantitative estimate of drug-likeness (QED) is 0.109. The molecule has 2 atom stereocenters. The number of methoxy groups -OCH3 is 1.